The van der Waals surface area contributed by atoms with E-state index in [9.17, 15) is 9.59 Å². The van der Waals surface area contributed by atoms with Gasteiger partial charge in [0, 0.05) is 36.5 Å². The summed E-state index contributed by atoms with van der Waals surface area (Å²) in [6.45, 7) is 3.49. The molecule has 0 saturated heterocycles. The Bertz CT molecular complexity index is 826. The summed E-state index contributed by atoms with van der Waals surface area (Å²) in [6, 6.07) is 5.62. The smallest absolute Gasteiger partial charge is 0.272 e. The topological polar surface area (TPSA) is 98.9 Å². The number of benzene rings is 1. The molecule has 0 aliphatic carbocycles. The van der Waals surface area contributed by atoms with E-state index in [4.69, 9.17) is 0 Å². The Kier molecular flexibility index (Phi) is 3.57. The lowest BCUT2D eigenvalue weighted by atomic mass is 10.0. The Labute approximate surface area is 139 Å². The van der Waals surface area contributed by atoms with Crippen molar-refractivity contribution in [3.63, 3.8) is 0 Å². The standard InChI is InChI=1S/C17H19N5O2/c1-9(10-2-3-13-11(6-10)7-15(23)20-13)19-17(24)16-12-8-18-5-4-14(12)21-22-16/h2-3,6,9,18H,4-5,7-8H2,1H3,(H,19,24)(H,20,23)(H,21,22). The van der Waals surface area contributed by atoms with Crippen molar-refractivity contribution in [2.75, 3.05) is 11.9 Å². The predicted molar refractivity (Wildman–Crippen MR) is 88.7 cm³/mol. The minimum Gasteiger partial charge on any atom is -0.344 e. The Balaban J connectivity index is 1.51. The molecule has 7 nitrogen and oxygen atoms in total. The molecule has 1 aromatic heterocycles. The lowest BCUT2D eigenvalue weighted by Crippen LogP contribution is -2.30. The summed E-state index contributed by atoms with van der Waals surface area (Å²) >= 11 is 0. The number of carbonyl (C=O) groups is 2. The van der Waals surface area contributed by atoms with Gasteiger partial charge in [-0.05, 0) is 24.1 Å². The molecule has 4 rings (SSSR count). The van der Waals surface area contributed by atoms with Crippen LogP contribution in [0.4, 0.5) is 5.69 Å². The van der Waals surface area contributed by atoms with Crippen LogP contribution in [0.25, 0.3) is 0 Å². The normalized spacial score (nSPS) is 17.0. The second-order valence-electron chi connectivity index (χ2n) is 6.29. The molecule has 2 amide bonds. The van der Waals surface area contributed by atoms with Gasteiger partial charge in [0.25, 0.3) is 5.91 Å². The third-order valence-electron chi connectivity index (χ3n) is 4.62. The van der Waals surface area contributed by atoms with Gasteiger partial charge in [-0.1, -0.05) is 12.1 Å². The number of anilines is 1. The number of aromatic nitrogens is 2. The number of fused-ring (bicyclic) bond motifs is 2. The van der Waals surface area contributed by atoms with E-state index in [1.807, 2.05) is 25.1 Å². The molecule has 124 valence electrons. The zero-order valence-corrected chi connectivity index (χ0v) is 13.4. The molecule has 24 heavy (non-hydrogen) atoms. The van der Waals surface area contributed by atoms with Crippen molar-refractivity contribution in [3.8, 4) is 0 Å². The third kappa shape index (κ3) is 2.56. The van der Waals surface area contributed by atoms with E-state index >= 15 is 0 Å². The van der Waals surface area contributed by atoms with E-state index in [-0.39, 0.29) is 17.9 Å². The van der Waals surface area contributed by atoms with Gasteiger partial charge in [0.2, 0.25) is 5.91 Å². The van der Waals surface area contributed by atoms with Crippen LogP contribution >= 0.6 is 0 Å². The third-order valence-corrected chi connectivity index (χ3v) is 4.62. The summed E-state index contributed by atoms with van der Waals surface area (Å²) in [5.41, 5.74) is 5.25. The molecule has 7 heteroatoms. The first kappa shape index (κ1) is 14.9. The van der Waals surface area contributed by atoms with Crippen LogP contribution in [0.3, 0.4) is 0 Å². The van der Waals surface area contributed by atoms with Crippen LogP contribution in [-0.4, -0.2) is 28.6 Å². The zero-order chi connectivity index (χ0) is 16.7. The summed E-state index contributed by atoms with van der Waals surface area (Å²) in [6.07, 6.45) is 1.25. The van der Waals surface area contributed by atoms with E-state index < -0.39 is 0 Å². The summed E-state index contributed by atoms with van der Waals surface area (Å²) in [5, 5.41) is 16.2. The monoisotopic (exact) mass is 325 g/mol. The Morgan fingerprint density at radius 1 is 1.38 bits per heavy atom. The fourth-order valence-electron chi connectivity index (χ4n) is 3.28. The summed E-state index contributed by atoms with van der Waals surface area (Å²) in [7, 11) is 0. The van der Waals surface area contributed by atoms with E-state index in [1.165, 1.54) is 0 Å². The van der Waals surface area contributed by atoms with Gasteiger partial charge in [0.15, 0.2) is 5.69 Å². The highest BCUT2D eigenvalue weighted by atomic mass is 16.2. The van der Waals surface area contributed by atoms with Crippen molar-refractivity contribution < 1.29 is 9.59 Å². The number of aromatic amines is 1. The minimum absolute atomic E-state index is 0.00879. The molecule has 2 aromatic rings. The molecule has 3 heterocycles. The quantitative estimate of drug-likeness (QED) is 0.677. The maximum absolute atomic E-state index is 12.6. The molecule has 0 saturated carbocycles. The zero-order valence-electron chi connectivity index (χ0n) is 13.4. The first-order chi connectivity index (χ1) is 11.6. The molecule has 2 aliphatic heterocycles. The lowest BCUT2D eigenvalue weighted by Gasteiger charge is -2.16. The van der Waals surface area contributed by atoms with Crippen LogP contribution in [-0.2, 0) is 24.2 Å². The minimum atomic E-state index is -0.182. The molecule has 2 aliphatic rings. The molecule has 0 spiro atoms. The van der Waals surface area contributed by atoms with E-state index in [0.29, 0.717) is 18.7 Å². The van der Waals surface area contributed by atoms with Crippen molar-refractivity contribution in [3.05, 3.63) is 46.3 Å². The van der Waals surface area contributed by atoms with Crippen molar-refractivity contribution in [1.29, 1.82) is 0 Å². The van der Waals surface area contributed by atoms with E-state index in [0.717, 1.165) is 41.0 Å². The van der Waals surface area contributed by atoms with Crippen LogP contribution in [0, 0.1) is 0 Å². The van der Waals surface area contributed by atoms with Gasteiger partial charge in [-0.3, -0.25) is 14.7 Å². The summed E-state index contributed by atoms with van der Waals surface area (Å²) < 4.78 is 0. The number of H-pyrrole nitrogens is 1. The molecule has 0 radical (unpaired) electrons. The van der Waals surface area contributed by atoms with Crippen LogP contribution in [0.2, 0.25) is 0 Å². The molecular weight excluding hydrogens is 306 g/mol. The SMILES string of the molecule is CC(NC(=O)c1n[nH]c2c1CNCC2)c1ccc2c(c1)CC(=O)N2. The van der Waals surface area contributed by atoms with Gasteiger partial charge >= 0.3 is 0 Å². The van der Waals surface area contributed by atoms with Crippen LogP contribution in [0.15, 0.2) is 18.2 Å². The average Bonchev–Trinajstić information content (AvgIpc) is 3.16. The van der Waals surface area contributed by atoms with Crippen molar-refractivity contribution in [2.24, 2.45) is 0 Å². The maximum Gasteiger partial charge on any atom is 0.272 e. The van der Waals surface area contributed by atoms with Crippen molar-refractivity contribution >= 4 is 17.5 Å². The Morgan fingerprint density at radius 3 is 3.12 bits per heavy atom. The van der Waals surface area contributed by atoms with Crippen LogP contribution in [0.1, 0.15) is 45.8 Å². The second kappa shape index (κ2) is 5.76. The number of carbonyl (C=O) groups excluding carboxylic acids is 2. The van der Waals surface area contributed by atoms with Gasteiger partial charge in [-0.2, -0.15) is 5.10 Å². The molecule has 0 fully saturated rings. The highest BCUT2D eigenvalue weighted by molar-refractivity contribution is 5.99. The number of rotatable bonds is 3. The molecular formula is C17H19N5O2. The van der Waals surface area contributed by atoms with Crippen molar-refractivity contribution in [1.82, 2.24) is 20.8 Å². The van der Waals surface area contributed by atoms with Gasteiger partial charge < -0.3 is 16.0 Å². The van der Waals surface area contributed by atoms with Crippen LogP contribution < -0.4 is 16.0 Å². The van der Waals surface area contributed by atoms with Gasteiger partial charge in [-0.25, -0.2) is 0 Å². The lowest BCUT2D eigenvalue weighted by molar-refractivity contribution is -0.115. The fourth-order valence-corrected chi connectivity index (χ4v) is 3.28. The van der Waals surface area contributed by atoms with E-state index in [1.54, 1.807) is 0 Å². The van der Waals surface area contributed by atoms with Crippen LogP contribution in [0.5, 0.6) is 0 Å². The number of nitrogens with one attached hydrogen (secondary N) is 4. The molecule has 4 N–H and O–H groups in total. The molecule has 0 bridgehead atoms. The fraction of sp³-hybridized carbons (Fsp3) is 0.353. The predicted octanol–water partition coefficient (Wildman–Crippen LogP) is 1.04. The second-order valence-corrected chi connectivity index (χ2v) is 6.29. The van der Waals surface area contributed by atoms with Gasteiger partial charge in [0.1, 0.15) is 0 Å². The molecule has 1 atom stereocenters. The maximum atomic E-state index is 12.6. The largest absolute Gasteiger partial charge is 0.344 e. The first-order valence-electron chi connectivity index (χ1n) is 8.12. The number of amides is 2. The van der Waals surface area contributed by atoms with Crippen molar-refractivity contribution in [2.45, 2.75) is 32.4 Å². The Hall–Kier alpha value is -2.67. The highest BCUT2D eigenvalue weighted by Crippen LogP contribution is 2.26. The highest BCUT2D eigenvalue weighted by Gasteiger charge is 2.24. The Morgan fingerprint density at radius 2 is 2.25 bits per heavy atom. The average molecular weight is 325 g/mol. The van der Waals surface area contributed by atoms with Gasteiger partial charge in [-0.15, -0.1) is 0 Å². The molecule has 1 aromatic carbocycles. The molecule has 1 unspecified atom stereocenters. The first-order valence-corrected chi connectivity index (χ1v) is 8.12. The van der Waals surface area contributed by atoms with E-state index in [2.05, 4.69) is 26.1 Å². The van der Waals surface area contributed by atoms with Gasteiger partial charge in [0.05, 0.1) is 12.5 Å². The number of hydrogen-bond donors (Lipinski definition) is 4. The summed E-state index contributed by atoms with van der Waals surface area (Å²) in [4.78, 5) is 24.0. The number of nitrogens with zero attached hydrogens (tertiary/aromatic N) is 1. The number of hydrogen-bond acceptors (Lipinski definition) is 4. The summed E-state index contributed by atoms with van der Waals surface area (Å²) in [5.74, 6) is -0.173.